The van der Waals surface area contributed by atoms with Gasteiger partial charge in [-0.3, -0.25) is 9.59 Å². The lowest BCUT2D eigenvalue weighted by Gasteiger charge is -2.35. The minimum atomic E-state index is -0.0948. The smallest absolute Gasteiger partial charge is 0.253 e. The molecule has 6 nitrogen and oxygen atoms in total. The first-order valence-electron chi connectivity index (χ1n) is 13.2. The highest BCUT2D eigenvalue weighted by Crippen LogP contribution is 2.31. The molecule has 2 aromatic carbocycles. The number of carbonyl (C=O) groups is 2. The van der Waals surface area contributed by atoms with Crippen LogP contribution < -0.4 is 15.5 Å². The van der Waals surface area contributed by atoms with Gasteiger partial charge in [0.05, 0.1) is 5.56 Å². The predicted octanol–water partition coefficient (Wildman–Crippen LogP) is 5.04. The third kappa shape index (κ3) is 7.07. The third-order valence-corrected chi connectivity index (χ3v) is 7.26. The van der Waals surface area contributed by atoms with Crippen LogP contribution in [0.25, 0.3) is 0 Å². The van der Waals surface area contributed by atoms with Crippen molar-refractivity contribution in [3.8, 4) is 0 Å². The second kappa shape index (κ2) is 12.7. The van der Waals surface area contributed by atoms with Crippen molar-refractivity contribution in [2.45, 2.75) is 51.9 Å². The van der Waals surface area contributed by atoms with Crippen molar-refractivity contribution in [2.75, 3.05) is 43.1 Å². The topological polar surface area (TPSA) is 70.7 Å². The third-order valence-electron chi connectivity index (χ3n) is 7.26. The molecule has 4 rings (SSSR count). The molecular formula is C29H39N3O3. The van der Waals surface area contributed by atoms with Crippen LogP contribution in [0.4, 0.5) is 11.4 Å². The maximum absolute atomic E-state index is 13.2. The lowest BCUT2D eigenvalue weighted by Crippen LogP contribution is -2.36. The molecule has 1 aliphatic carbocycles. The highest BCUT2D eigenvalue weighted by Gasteiger charge is 2.27. The lowest BCUT2D eigenvalue weighted by molar-refractivity contribution is -0.122. The monoisotopic (exact) mass is 477 g/mol. The van der Waals surface area contributed by atoms with Crippen LogP contribution in [0.3, 0.4) is 0 Å². The van der Waals surface area contributed by atoms with E-state index in [2.05, 4.69) is 45.9 Å². The predicted molar refractivity (Wildman–Crippen MR) is 141 cm³/mol. The second-order valence-electron chi connectivity index (χ2n) is 9.78. The number of nitrogens with zero attached hydrogens (tertiary/aromatic N) is 1. The zero-order valence-corrected chi connectivity index (χ0v) is 20.9. The normalized spacial score (nSPS) is 16.5. The van der Waals surface area contributed by atoms with Gasteiger partial charge >= 0.3 is 0 Å². The average molecular weight is 478 g/mol. The van der Waals surface area contributed by atoms with Gasteiger partial charge in [0.1, 0.15) is 0 Å². The summed E-state index contributed by atoms with van der Waals surface area (Å²) in [7, 11) is 0. The van der Waals surface area contributed by atoms with Gasteiger partial charge in [-0.05, 0) is 75.1 Å². The summed E-state index contributed by atoms with van der Waals surface area (Å²) in [5.74, 6) is 0.733. The van der Waals surface area contributed by atoms with Crippen molar-refractivity contribution in [2.24, 2.45) is 11.8 Å². The Morgan fingerprint density at radius 3 is 2.49 bits per heavy atom. The van der Waals surface area contributed by atoms with Crippen LogP contribution in [0.2, 0.25) is 0 Å². The summed E-state index contributed by atoms with van der Waals surface area (Å²) >= 11 is 0. The van der Waals surface area contributed by atoms with Crippen LogP contribution in [-0.4, -0.2) is 44.7 Å². The fraction of sp³-hybridized carbons (Fsp3) is 0.517. The number of hydrogen-bond acceptors (Lipinski definition) is 4. The van der Waals surface area contributed by atoms with E-state index in [1.54, 1.807) is 0 Å². The van der Waals surface area contributed by atoms with E-state index in [0.29, 0.717) is 36.9 Å². The van der Waals surface area contributed by atoms with Gasteiger partial charge in [0.2, 0.25) is 5.91 Å². The fourth-order valence-electron chi connectivity index (χ4n) is 4.93. The van der Waals surface area contributed by atoms with Crippen molar-refractivity contribution in [3.05, 3.63) is 59.7 Å². The molecule has 1 heterocycles. The highest BCUT2D eigenvalue weighted by molar-refractivity contribution is 6.02. The lowest BCUT2D eigenvalue weighted by atomic mass is 9.85. The summed E-state index contributed by atoms with van der Waals surface area (Å²) in [5.41, 5.74) is 3.68. The minimum absolute atomic E-state index is 0.0637. The van der Waals surface area contributed by atoms with Crippen LogP contribution in [0.15, 0.2) is 48.5 Å². The quantitative estimate of drug-likeness (QED) is 0.445. The standard InChI is InChI=1S/C29H39N3O3/c1-2-35-19-7-16-30-29(34)26-21-25(31-28(33)24-10-6-11-24)12-13-27(26)32-17-14-23(15-18-32)20-22-8-4-3-5-9-22/h3-5,8-9,12-13,21,23-24H,2,6-7,10-11,14-20H2,1H3,(H,30,34)(H,31,33). The molecular weight excluding hydrogens is 438 g/mol. The summed E-state index contributed by atoms with van der Waals surface area (Å²) in [6.07, 6.45) is 7.11. The molecule has 188 valence electrons. The Morgan fingerprint density at radius 2 is 1.80 bits per heavy atom. The number of nitrogens with one attached hydrogen (secondary N) is 2. The number of carbonyl (C=O) groups excluding carboxylic acids is 2. The van der Waals surface area contributed by atoms with Gasteiger partial charge in [-0.15, -0.1) is 0 Å². The Labute approximate surface area is 209 Å². The SMILES string of the molecule is CCOCCCNC(=O)c1cc(NC(=O)C2CCC2)ccc1N1CCC(Cc2ccccc2)CC1. The van der Waals surface area contributed by atoms with E-state index in [-0.39, 0.29) is 17.7 Å². The van der Waals surface area contributed by atoms with E-state index >= 15 is 0 Å². The van der Waals surface area contributed by atoms with Crippen LogP contribution in [-0.2, 0) is 16.0 Å². The summed E-state index contributed by atoms with van der Waals surface area (Å²) in [6, 6.07) is 16.5. The Morgan fingerprint density at radius 1 is 1.03 bits per heavy atom. The molecule has 0 spiro atoms. The Hall–Kier alpha value is -2.86. The first-order valence-corrected chi connectivity index (χ1v) is 13.2. The number of piperidine rings is 1. The molecule has 1 aliphatic heterocycles. The van der Waals surface area contributed by atoms with Gasteiger partial charge < -0.3 is 20.3 Å². The molecule has 0 radical (unpaired) electrons. The van der Waals surface area contributed by atoms with E-state index < -0.39 is 0 Å². The number of anilines is 2. The number of hydrogen-bond donors (Lipinski definition) is 2. The van der Waals surface area contributed by atoms with E-state index in [4.69, 9.17) is 4.74 Å². The molecule has 2 N–H and O–H groups in total. The van der Waals surface area contributed by atoms with Crippen LogP contribution in [0, 0.1) is 11.8 Å². The van der Waals surface area contributed by atoms with Gasteiger partial charge in [-0.25, -0.2) is 0 Å². The van der Waals surface area contributed by atoms with Gasteiger partial charge in [-0.2, -0.15) is 0 Å². The van der Waals surface area contributed by atoms with E-state index in [9.17, 15) is 9.59 Å². The van der Waals surface area contributed by atoms with Crippen molar-refractivity contribution < 1.29 is 14.3 Å². The second-order valence-corrected chi connectivity index (χ2v) is 9.78. The maximum Gasteiger partial charge on any atom is 0.253 e. The van der Waals surface area contributed by atoms with E-state index in [1.807, 2.05) is 25.1 Å². The highest BCUT2D eigenvalue weighted by atomic mass is 16.5. The molecule has 0 bridgehead atoms. The van der Waals surface area contributed by atoms with Gasteiger partial charge in [-0.1, -0.05) is 36.8 Å². The van der Waals surface area contributed by atoms with E-state index in [1.165, 1.54) is 5.56 Å². The molecule has 0 unspecified atom stereocenters. The minimum Gasteiger partial charge on any atom is -0.382 e. The first kappa shape index (κ1) is 25.2. The first-order chi connectivity index (χ1) is 17.1. The molecule has 1 saturated heterocycles. The zero-order chi connectivity index (χ0) is 24.5. The molecule has 6 heteroatoms. The Kier molecular flexibility index (Phi) is 9.18. The largest absolute Gasteiger partial charge is 0.382 e. The molecule has 2 aromatic rings. The van der Waals surface area contributed by atoms with Gasteiger partial charge in [0.15, 0.2) is 0 Å². The number of rotatable bonds is 11. The summed E-state index contributed by atoms with van der Waals surface area (Å²) in [5, 5.41) is 6.08. The van der Waals surface area contributed by atoms with Crippen LogP contribution in [0.5, 0.6) is 0 Å². The van der Waals surface area contributed by atoms with E-state index in [0.717, 1.165) is 63.7 Å². The zero-order valence-electron chi connectivity index (χ0n) is 20.9. The molecule has 2 fully saturated rings. The van der Waals surface area contributed by atoms with Crippen LogP contribution >= 0.6 is 0 Å². The molecule has 0 aromatic heterocycles. The van der Waals surface area contributed by atoms with Crippen molar-refractivity contribution in [1.82, 2.24) is 5.32 Å². The summed E-state index contributed by atoms with van der Waals surface area (Å²) in [4.78, 5) is 28.0. The summed E-state index contributed by atoms with van der Waals surface area (Å²) in [6.45, 7) is 5.70. The van der Waals surface area contributed by atoms with Gasteiger partial charge in [0, 0.05) is 50.1 Å². The molecule has 1 saturated carbocycles. The number of benzene rings is 2. The maximum atomic E-state index is 13.2. The molecule has 35 heavy (non-hydrogen) atoms. The van der Waals surface area contributed by atoms with Crippen molar-refractivity contribution in [1.29, 1.82) is 0 Å². The molecule has 2 amide bonds. The average Bonchev–Trinajstić information content (AvgIpc) is 2.84. The Balaban J connectivity index is 1.42. The van der Waals surface area contributed by atoms with Crippen LogP contribution in [0.1, 0.15) is 61.4 Å². The van der Waals surface area contributed by atoms with Crippen molar-refractivity contribution >= 4 is 23.2 Å². The molecule has 0 atom stereocenters. The summed E-state index contributed by atoms with van der Waals surface area (Å²) < 4.78 is 5.39. The number of ether oxygens (including phenoxy) is 1. The number of amides is 2. The van der Waals surface area contributed by atoms with Gasteiger partial charge in [0.25, 0.3) is 5.91 Å². The Bertz CT molecular complexity index is 966. The van der Waals surface area contributed by atoms with Crippen molar-refractivity contribution in [3.63, 3.8) is 0 Å². The fourth-order valence-corrected chi connectivity index (χ4v) is 4.93. The molecule has 2 aliphatic rings.